The Balaban J connectivity index is 1.64. The summed E-state index contributed by atoms with van der Waals surface area (Å²) in [7, 11) is 0. The van der Waals surface area contributed by atoms with Crippen molar-refractivity contribution in [3.05, 3.63) is 64.7 Å². The van der Waals surface area contributed by atoms with E-state index in [1.807, 2.05) is 37.3 Å². The number of halogens is 1. The molecule has 0 N–H and O–H groups in total. The van der Waals surface area contributed by atoms with E-state index in [9.17, 15) is 9.59 Å². The third-order valence-corrected chi connectivity index (χ3v) is 5.15. The zero-order chi connectivity index (χ0) is 19.0. The molecule has 1 aliphatic carbocycles. The van der Waals surface area contributed by atoms with Crippen LogP contribution in [0, 0.1) is 0 Å². The highest BCUT2D eigenvalue weighted by Crippen LogP contribution is 2.33. The van der Waals surface area contributed by atoms with Crippen LogP contribution in [0.2, 0.25) is 5.02 Å². The maximum Gasteiger partial charge on any atom is 0.219 e. The van der Waals surface area contributed by atoms with Crippen LogP contribution < -0.4 is 4.74 Å². The van der Waals surface area contributed by atoms with Gasteiger partial charge in [0, 0.05) is 29.3 Å². The molecular formula is C22H18ClNO3. The fourth-order valence-electron chi connectivity index (χ4n) is 3.55. The Morgan fingerprint density at radius 1 is 1.04 bits per heavy atom. The van der Waals surface area contributed by atoms with Crippen LogP contribution in [-0.2, 0) is 16.0 Å². The average molecular weight is 380 g/mol. The summed E-state index contributed by atoms with van der Waals surface area (Å²) in [5, 5.41) is 1.61. The van der Waals surface area contributed by atoms with Gasteiger partial charge in [0.1, 0.15) is 23.2 Å². The summed E-state index contributed by atoms with van der Waals surface area (Å²) in [5.74, 6) is 0.524. The predicted molar refractivity (Wildman–Crippen MR) is 105 cm³/mol. The van der Waals surface area contributed by atoms with E-state index in [1.54, 1.807) is 18.2 Å². The molecule has 1 heterocycles. The van der Waals surface area contributed by atoms with Gasteiger partial charge in [-0.1, -0.05) is 24.6 Å². The first-order valence-corrected chi connectivity index (χ1v) is 9.35. The fourth-order valence-corrected chi connectivity index (χ4v) is 3.73. The van der Waals surface area contributed by atoms with Crippen molar-refractivity contribution < 1.29 is 14.3 Å². The molecule has 1 saturated carbocycles. The first kappa shape index (κ1) is 17.7. The number of ether oxygens (including phenoxy) is 1. The summed E-state index contributed by atoms with van der Waals surface area (Å²) in [6.45, 7) is 2.00. The minimum atomic E-state index is -0.613. The normalized spacial score (nSPS) is 14.9. The molecule has 136 valence electrons. The summed E-state index contributed by atoms with van der Waals surface area (Å²) in [4.78, 5) is 28.7. The lowest BCUT2D eigenvalue weighted by Crippen LogP contribution is -2.14. The van der Waals surface area contributed by atoms with Gasteiger partial charge in [-0.2, -0.15) is 0 Å². The molecule has 1 fully saturated rings. The molecule has 27 heavy (non-hydrogen) atoms. The van der Waals surface area contributed by atoms with E-state index in [-0.39, 0.29) is 11.6 Å². The highest BCUT2D eigenvalue weighted by molar-refractivity contribution is 6.31. The quantitative estimate of drug-likeness (QED) is 0.580. The number of carbonyl (C=O) groups is 2. The van der Waals surface area contributed by atoms with E-state index in [1.165, 1.54) is 0 Å². The van der Waals surface area contributed by atoms with Crippen LogP contribution in [0.3, 0.4) is 0 Å². The van der Waals surface area contributed by atoms with Crippen LogP contribution in [0.1, 0.15) is 36.8 Å². The van der Waals surface area contributed by atoms with Crippen LogP contribution in [0.15, 0.2) is 48.5 Å². The van der Waals surface area contributed by atoms with Gasteiger partial charge < -0.3 is 4.74 Å². The van der Waals surface area contributed by atoms with Gasteiger partial charge in [-0.3, -0.25) is 9.59 Å². The van der Waals surface area contributed by atoms with Gasteiger partial charge in [0.05, 0.1) is 5.52 Å². The van der Waals surface area contributed by atoms with Gasteiger partial charge >= 0.3 is 0 Å². The topological polar surface area (TPSA) is 56.3 Å². The Kier molecular flexibility index (Phi) is 4.66. The van der Waals surface area contributed by atoms with Gasteiger partial charge in [0.2, 0.25) is 5.88 Å². The Hall–Kier alpha value is -2.72. The molecule has 2 aromatic carbocycles. The first-order valence-electron chi connectivity index (χ1n) is 8.97. The highest BCUT2D eigenvalue weighted by Gasteiger charge is 2.35. The number of fused-ring (bicyclic) bond motifs is 1. The fraction of sp³-hybridized carbons (Fsp3) is 0.227. The second kappa shape index (κ2) is 7.12. The van der Waals surface area contributed by atoms with Crippen LogP contribution in [0.25, 0.3) is 10.9 Å². The number of rotatable bonds is 4. The number of nitrogens with zero attached hydrogens (tertiary/aromatic N) is 1. The van der Waals surface area contributed by atoms with Crippen molar-refractivity contribution in [1.82, 2.24) is 4.98 Å². The zero-order valence-electron chi connectivity index (χ0n) is 14.9. The number of benzene rings is 2. The number of hydrogen-bond acceptors (Lipinski definition) is 4. The molecule has 0 aliphatic heterocycles. The summed E-state index contributed by atoms with van der Waals surface area (Å²) in [6, 6.07) is 14.7. The lowest BCUT2D eigenvalue weighted by Gasteiger charge is -2.14. The van der Waals surface area contributed by atoms with E-state index in [0.29, 0.717) is 35.9 Å². The summed E-state index contributed by atoms with van der Waals surface area (Å²) >= 11 is 6.00. The Morgan fingerprint density at radius 2 is 1.81 bits per heavy atom. The standard InChI is InChI=1S/C22H18ClNO3/c1-2-13-12-16(5-6-17(13)22-19(25)8-9-20(22)26)27-21-10-3-14-11-15(23)4-7-18(14)24-21/h3-7,10-12,22H,2,8-9H2,1H3. The van der Waals surface area contributed by atoms with Crippen LogP contribution in [0.4, 0.5) is 0 Å². The van der Waals surface area contributed by atoms with E-state index in [0.717, 1.165) is 22.0 Å². The molecule has 0 spiro atoms. The van der Waals surface area contributed by atoms with Gasteiger partial charge in [-0.15, -0.1) is 0 Å². The number of carbonyl (C=O) groups excluding carboxylic acids is 2. The average Bonchev–Trinajstić information content (AvgIpc) is 3.00. The van der Waals surface area contributed by atoms with Crippen molar-refractivity contribution in [1.29, 1.82) is 0 Å². The molecule has 0 saturated heterocycles. The minimum absolute atomic E-state index is 0.0122. The van der Waals surface area contributed by atoms with E-state index in [4.69, 9.17) is 16.3 Å². The lowest BCUT2D eigenvalue weighted by molar-refractivity contribution is -0.123. The third kappa shape index (κ3) is 3.45. The van der Waals surface area contributed by atoms with Crippen molar-refractivity contribution >= 4 is 34.1 Å². The second-order valence-corrected chi connectivity index (χ2v) is 7.10. The summed E-state index contributed by atoms with van der Waals surface area (Å²) in [6.07, 6.45) is 1.40. The summed E-state index contributed by atoms with van der Waals surface area (Å²) < 4.78 is 5.92. The number of hydrogen-bond donors (Lipinski definition) is 0. The van der Waals surface area contributed by atoms with E-state index in [2.05, 4.69) is 4.98 Å². The van der Waals surface area contributed by atoms with Gasteiger partial charge in [-0.05, 0) is 53.9 Å². The molecule has 4 nitrogen and oxygen atoms in total. The molecule has 4 rings (SSSR count). The number of aryl methyl sites for hydroxylation is 1. The smallest absolute Gasteiger partial charge is 0.219 e. The van der Waals surface area contributed by atoms with Crippen molar-refractivity contribution in [2.75, 3.05) is 0 Å². The molecule has 0 amide bonds. The highest BCUT2D eigenvalue weighted by atomic mass is 35.5. The largest absolute Gasteiger partial charge is 0.439 e. The summed E-state index contributed by atoms with van der Waals surface area (Å²) in [5.41, 5.74) is 2.55. The molecule has 5 heteroatoms. The molecular weight excluding hydrogens is 362 g/mol. The van der Waals surface area contributed by atoms with Gasteiger partial charge in [0.15, 0.2) is 0 Å². The van der Waals surface area contributed by atoms with Crippen molar-refractivity contribution in [3.63, 3.8) is 0 Å². The Morgan fingerprint density at radius 3 is 2.56 bits per heavy atom. The Bertz CT molecular complexity index is 1040. The minimum Gasteiger partial charge on any atom is -0.439 e. The first-order chi connectivity index (χ1) is 13.0. The second-order valence-electron chi connectivity index (χ2n) is 6.67. The molecule has 1 aromatic heterocycles. The third-order valence-electron chi connectivity index (χ3n) is 4.92. The molecule has 1 aliphatic rings. The number of ketones is 2. The molecule has 0 bridgehead atoms. The molecule has 0 unspecified atom stereocenters. The SMILES string of the molecule is CCc1cc(Oc2ccc3cc(Cl)ccc3n2)ccc1C1C(=O)CCC1=O. The van der Waals surface area contributed by atoms with Gasteiger partial charge in [-0.25, -0.2) is 4.98 Å². The van der Waals surface area contributed by atoms with Crippen molar-refractivity contribution in [3.8, 4) is 11.6 Å². The predicted octanol–water partition coefficient (Wildman–Crippen LogP) is 5.26. The molecule has 3 aromatic rings. The number of aromatic nitrogens is 1. The van der Waals surface area contributed by atoms with Crippen molar-refractivity contribution in [2.45, 2.75) is 32.1 Å². The van der Waals surface area contributed by atoms with E-state index >= 15 is 0 Å². The van der Waals surface area contributed by atoms with Crippen LogP contribution in [0.5, 0.6) is 11.6 Å². The van der Waals surface area contributed by atoms with Gasteiger partial charge in [0.25, 0.3) is 0 Å². The number of Topliss-reactive ketones (excluding diaryl/α,β-unsaturated/α-hetero) is 2. The number of pyridine rings is 1. The Labute approximate surface area is 162 Å². The maximum absolute atomic E-state index is 12.1. The van der Waals surface area contributed by atoms with E-state index < -0.39 is 5.92 Å². The molecule has 0 radical (unpaired) electrons. The van der Waals surface area contributed by atoms with Crippen LogP contribution in [-0.4, -0.2) is 16.6 Å². The van der Waals surface area contributed by atoms with Crippen molar-refractivity contribution in [2.24, 2.45) is 0 Å². The zero-order valence-corrected chi connectivity index (χ0v) is 15.6. The monoisotopic (exact) mass is 379 g/mol. The lowest BCUT2D eigenvalue weighted by atomic mass is 9.90. The molecule has 0 atom stereocenters. The van der Waals surface area contributed by atoms with Crippen LogP contribution >= 0.6 is 11.6 Å². The maximum atomic E-state index is 12.1.